The molecule has 0 saturated heterocycles. The minimum atomic E-state index is -0.153. The van der Waals surface area contributed by atoms with E-state index in [9.17, 15) is 4.79 Å². The number of amides is 1. The third kappa shape index (κ3) is 2.92. The van der Waals surface area contributed by atoms with Gasteiger partial charge in [0.15, 0.2) is 0 Å². The fourth-order valence-electron chi connectivity index (χ4n) is 1.57. The van der Waals surface area contributed by atoms with Crippen LogP contribution < -0.4 is 5.32 Å². The molecular formula is C13H12BrN3O. The van der Waals surface area contributed by atoms with Gasteiger partial charge in [0.25, 0.3) is 5.91 Å². The summed E-state index contributed by atoms with van der Waals surface area (Å²) < 4.78 is 0.546. The van der Waals surface area contributed by atoms with Gasteiger partial charge in [-0.2, -0.15) is 0 Å². The number of nitrogens with zero attached hydrogens (tertiary/aromatic N) is 2. The number of hydrogen-bond donors (Lipinski definition) is 1. The van der Waals surface area contributed by atoms with Crippen molar-refractivity contribution in [1.82, 2.24) is 15.3 Å². The molecule has 0 aliphatic rings. The number of pyridine rings is 2. The second-order valence-electron chi connectivity index (χ2n) is 3.82. The van der Waals surface area contributed by atoms with Gasteiger partial charge in [-0.05, 0) is 52.7 Å². The number of carbonyl (C=O) groups is 1. The summed E-state index contributed by atoms with van der Waals surface area (Å²) >= 11 is 3.26. The van der Waals surface area contributed by atoms with Gasteiger partial charge in [-0.1, -0.05) is 0 Å². The lowest BCUT2D eigenvalue weighted by molar-refractivity contribution is 0.0938. The molecule has 0 spiro atoms. The van der Waals surface area contributed by atoms with E-state index in [2.05, 4.69) is 31.2 Å². The number of aromatic nitrogens is 2. The van der Waals surface area contributed by atoms with E-state index in [0.717, 1.165) is 5.56 Å². The van der Waals surface area contributed by atoms with Gasteiger partial charge in [0.2, 0.25) is 0 Å². The van der Waals surface area contributed by atoms with Gasteiger partial charge in [-0.3, -0.25) is 9.78 Å². The molecule has 0 fully saturated rings. The van der Waals surface area contributed by atoms with E-state index in [-0.39, 0.29) is 11.9 Å². The zero-order chi connectivity index (χ0) is 13.0. The number of halogens is 1. The van der Waals surface area contributed by atoms with Gasteiger partial charge >= 0.3 is 0 Å². The van der Waals surface area contributed by atoms with Crippen molar-refractivity contribution in [1.29, 1.82) is 0 Å². The maximum absolute atomic E-state index is 12.1. The van der Waals surface area contributed by atoms with Crippen molar-refractivity contribution in [3.63, 3.8) is 0 Å². The van der Waals surface area contributed by atoms with Crippen LogP contribution >= 0.6 is 15.9 Å². The third-order valence-corrected chi connectivity index (χ3v) is 3.19. The van der Waals surface area contributed by atoms with Crippen LogP contribution in [0.3, 0.4) is 0 Å². The Morgan fingerprint density at radius 2 is 2.00 bits per heavy atom. The summed E-state index contributed by atoms with van der Waals surface area (Å²) in [6.07, 6.45) is 5.04. The monoisotopic (exact) mass is 305 g/mol. The van der Waals surface area contributed by atoms with Crippen LogP contribution in [0.4, 0.5) is 0 Å². The molecule has 2 rings (SSSR count). The first kappa shape index (κ1) is 12.7. The molecule has 1 atom stereocenters. The third-order valence-electron chi connectivity index (χ3n) is 2.56. The van der Waals surface area contributed by atoms with Crippen molar-refractivity contribution in [3.05, 3.63) is 58.6 Å². The Hall–Kier alpha value is -1.75. The van der Waals surface area contributed by atoms with Gasteiger partial charge in [0.05, 0.1) is 11.6 Å². The molecule has 2 aromatic heterocycles. The van der Waals surface area contributed by atoms with Crippen LogP contribution in [0.25, 0.3) is 0 Å². The van der Waals surface area contributed by atoms with Crippen molar-refractivity contribution < 1.29 is 4.79 Å². The molecule has 0 saturated carbocycles. The minimum absolute atomic E-state index is 0.0763. The van der Waals surface area contributed by atoms with E-state index in [1.807, 2.05) is 19.1 Å². The molecule has 2 heterocycles. The van der Waals surface area contributed by atoms with Crippen molar-refractivity contribution in [2.75, 3.05) is 0 Å². The predicted octanol–water partition coefficient (Wildman–Crippen LogP) is 2.73. The molecule has 1 amide bonds. The summed E-state index contributed by atoms with van der Waals surface area (Å²) in [6.45, 7) is 1.93. The molecule has 0 aromatic carbocycles. The normalized spacial score (nSPS) is 11.9. The molecule has 0 radical (unpaired) electrons. The molecule has 1 unspecified atom stereocenters. The SMILES string of the molecule is CC(NC(=O)c1cccnc1Br)c1ccncc1. The highest BCUT2D eigenvalue weighted by molar-refractivity contribution is 9.10. The average Bonchev–Trinajstić information content (AvgIpc) is 2.40. The minimum Gasteiger partial charge on any atom is -0.345 e. The second-order valence-corrected chi connectivity index (χ2v) is 4.57. The Morgan fingerprint density at radius 1 is 1.28 bits per heavy atom. The lowest BCUT2D eigenvalue weighted by Crippen LogP contribution is -2.27. The lowest BCUT2D eigenvalue weighted by atomic mass is 10.1. The first-order chi connectivity index (χ1) is 8.68. The van der Waals surface area contributed by atoms with Crippen LogP contribution in [0.2, 0.25) is 0 Å². The number of carbonyl (C=O) groups excluding carboxylic acids is 1. The number of nitrogens with one attached hydrogen (secondary N) is 1. The maximum atomic E-state index is 12.1. The van der Waals surface area contributed by atoms with Crippen LogP contribution in [-0.2, 0) is 0 Å². The van der Waals surface area contributed by atoms with Crippen molar-refractivity contribution in [2.45, 2.75) is 13.0 Å². The zero-order valence-corrected chi connectivity index (χ0v) is 11.4. The molecule has 1 N–H and O–H groups in total. The zero-order valence-electron chi connectivity index (χ0n) is 9.80. The van der Waals surface area contributed by atoms with Crippen LogP contribution in [0.15, 0.2) is 47.5 Å². The molecule has 18 heavy (non-hydrogen) atoms. The predicted molar refractivity (Wildman–Crippen MR) is 72.1 cm³/mol. The van der Waals surface area contributed by atoms with Crippen molar-refractivity contribution >= 4 is 21.8 Å². The van der Waals surface area contributed by atoms with Gasteiger partial charge in [-0.15, -0.1) is 0 Å². The number of rotatable bonds is 3. The fourth-order valence-corrected chi connectivity index (χ4v) is 2.00. The van der Waals surface area contributed by atoms with Crippen molar-refractivity contribution in [2.24, 2.45) is 0 Å². The van der Waals surface area contributed by atoms with Crippen LogP contribution in [0, 0.1) is 0 Å². The molecule has 5 heteroatoms. The van der Waals surface area contributed by atoms with E-state index in [1.165, 1.54) is 0 Å². The highest BCUT2D eigenvalue weighted by Crippen LogP contribution is 2.15. The van der Waals surface area contributed by atoms with E-state index in [4.69, 9.17) is 0 Å². The Balaban J connectivity index is 2.11. The average molecular weight is 306 g/mol. The highest BCUT2D eigenvalue weighted by atomic mass is 79.9. The van der Waals surface area contributed by atoms with Crippen molar-refractivity contribution in [3.8, 4) is 0 Å². The van der Waals surface area contributed by atoms with Crippen LogP contribution in [-0.4, -0.2) is 15.9 Å². The Kier molecular flexibility index (Phi) is 4.04. The van der Waals surface area contributed by atoms with Gasteiger partial charge in [0.1, 0.15) is 4.60 Å². The summed E-state index contributed by atoms with van der Waals surface area (Å²) in [7, 11) is 0. The standard InChI is InChI=1S/C13H12BrN3O/c1-9(10-4-7-15-8-5-10)17-13(18)11-3-2-6-16-12(11)14/h2-9H,1H3,(H,17,18). The Labute approximate surface area is 114 Å². The van der Waals surface area contributed by atoms with E-state index in [0.29, 0.717) is 10.2 Å². The molecule has 0 aliphatic carbocycles. The van der Waals surface area contributed by atoms with Crippen LogP contribution in [0.1, 0.15) is 28.9 Å². The fraction of sp³-hybridized carbons (Fsp3) is 0.154. The largest absolute Gasteiger partial charge is 0.345 e. The molecule has 2 aromatic rings. The van der Waals surface area contributed by atoms with Crippen LogP contribution in [0.5, 0.6) is 0 Å². The quantitative estimate of drug-likeness (QED) is 0.887. The smallest absolute Gasteiger partial charge is 0.254 e. The first-order valence-corrected chi connectivity index (χ1v) is 6.29. The lowest BCUT2D eigenvalue weighted by Gasteiger charge is -2.14. The van der Waals surface area contributed by atoms with E-state index < -0.39 is 0 Å². The molecular weight excluding hydrogens is 294 g/mol. The Morgan fingerprint density at radius 3 is 2.67 bits per heavy atom. The van der Waals surface area contributed by atoms with E-state index >= 15 is 0 Å². The summed E-state index contributed by atoms with van der Waals surface area (Å²) in [4.78, 5) is 20.0. The number of hydrogen-bond acceptors (Lipinski definition) is 3. The summed E-state index contributed by atoms with van der Waals surface area (Å²) in [5, 5.41) is 2.92. The molecule has 0 aliphatic heterocycles. The molecule has 4 nitrogen and oxygen atoms in total. The first-order valence-electron chi connectivity index (χ1n) is 5.50. The van der Waals surface area contributed by atoms with Gasteiger partial charge < -0.3 is 5.32 Å². The Bertz CT molecular complexity index is 545. The summed E-state index contributed by atoms with van der Waals surface area (Å²) in [6, 6.07) is 7.14. The summed E-state index contributed by atoms with van der Waals surface area (Å²) in [5.74, 6) is -0.153. The van der Waals surface area contributed by atoms with Gasteiger partial charge in [-0.25, -0.2) is 4.98 Å². The molecule has 0 bridgehead atoms. The summed E-state index contributed by atoms with van der Waals surface area (Å²) in [5.41, 5.74) is 1.54. The maximum Gasteiger partial charge on any atom is 0.254 e. The topological polar surface area (TPSA) is 54.9 Å². The van der Waals surface area contributed by atoms with Gasteiger partial charge in [0, 0.05) is 18.6 Å². The second kappa shape index (κ2) is 5.73. The molecule has 92 valence electrons. The van der Waals surface area contributed by atoms with E-state index in [1.54, 1.807) is 30.7 Å². The highest BCUT2D eigenvalue weighted by Gasteiger charge is 2.13.